The van der Waals surface area contributed by atoms with Crippen LogP contribution < -0.4 is 10.1 Å². The summed E-state index contributed by atoms with van der Waals surface area (Å²) in [6.07, 6.45) is -0.116. The van der Waals surface area contributed by atoms with Crippen molar-refractivity contribution in [2.24, 2.45) is 0 Å². The number of hydrogen-bond donors (Lipinski definition) is 2. The van der Waals surface area contributed by atoms with E-state index in [2.05, 4.69) is 5.32 Å². The number of carboxylic acids is 1. The molecule has 0 spiro atoms. The fourth-order valence-corrected chi connectivity index (χ4v) is 2.07. The van der Waals surface area contributed by atoms with E-state index in [-0.39, 0.29) is 6.42 Å². The van der Waals surface area contributed by atoms with Crippen LogP contribution in [-0.2, 0) is 30.3 Å². The normalized spacial score (nSPS) is 12.6. The number of carbonyl (C=O) groups is 4. The molecule has 1 aromatic carbocycles. The standard InChI is InChI=1S/C16H19NO7/c1-10(18)17-16(15(21)22,9-23-11(2)19)8-13-4-6-14(7-5-13)24-12(3)20/h4-7H,8-9H2,1-3H3,(H,17,18)(H,21,22)/t16-/m1/s1. The highest BCUT2D eigenvalue weighted by Gasteiger charge is 2.41. The summed E-state index contributed by atoms with van der Waals surface area (Å²) in [4.78, 5) is 45.0. The smallest absolute Gasteiger partial charge is 0.333 e. The number of hydrogen-bond acceptors (Lipinski definition) is 6. The summed E-state index contributed by atoms with van der Waals surface area (Å²) in [5, 5.41) is 11.9. The third-order valence-electron chi connectivity index (χ3n) is 3.04. The Bertz CT molecular complexity index is 638. The lowest BCUT2D eigenvalue weighted by Crippen LogP contribution is -2.59. The Morgan fingerprint density at radius 1 is 1.04 bits per heavy atom. The molecule has 0 saturated carbocycles. The molecule has 0 radical (unpaired) electrons. The van der Waals surface area contributed by atoms with Crippen LogP contribution in [0.3, 0.4) is 0 Å². The molecule has 0 unspecified atom stereocenters. The van der Waals surface area contributed by atoms with Crippen molar-refractivity contribution in [2.45, 2.75) is 32.7 Å². The number of aliphatic carboxylic acids is 1. The zero-order chi connectivity index (χ0) is 18.3. The fraction of sp³-hybridized carbons (Fsp3) is 0.375. The number of nitrogens with one attached hydrogen (secondary N) is 1. The predicted octanol–water partition coefficient (Wildman–Crippen LogP) is 0.677. The maximum absolute atomic E-state index is 11.7. The van der Waals surface area contributed by atoms with Crippen molar-refractivity contribution in [1.82, 2.24) is 5.32 Å². The van der Waals surface area contributed by atoms with Gasteiger partial charge in [0.25, 0.3) is 0 Å². The van der Waals surface area contributed by atoms with Gasteiger partial charge in [0.15, 0.2) is 5.54 Å². The fourth-order valence-electron chi connectivity index (χ4n) is 2.07. The minimum Gasteiger partial charge on any atom is -0.479 e. The molecule has 0 fully saturated rings. The van der Waals surface area contributed by atoms with E-state index < -0.39 is 36.0 Å². The van der Waals surface area contributed by atoms with Crippen LogP contribution in [0.15, 0.2) is 24.3 Å². The molecule has 0 aliphatic carbocycles. The minimum absolute atomic E-state index is 0.116. The summed E-state index contributed by atoms with van der Waals surface area (Å²) in [5.41, 5.74) is -1.24. The molecular formula is C16H19NO7. The van der Waals surface area contributed by atoms with Gasteiger partial charge in [0.2, 0.25) is 5.91 Å². The lowest BCUT2D eigenvalue weighted by Gasteiger charge is -2.29. The van der Waals surface area contributed by atoms with E-state index in [1.807, 2.05) is 0 Å². The second-order valence-electron chi connectivity index (χ2n) is 5.26. The zero-order valence-electron chi connectivity index (χ0n) is 13.6. The van der Waals surface area contributed by atoms with Gasteiger partial charge >= 0.3 is 17.9 Å². The Kier molecular flexibility index (Phi) is 6.46. The largest absolute Gasteiger partial charge is 0.479 e. The van der Waals surface area contributed by atoms with Crippen molar-refractivity contribution in [3.63, 3.8) is 0 Å². The van der Waals surface area contributed by atoms with Crippen molar-refractivity contribution >= 4 is 23.8 Å². The molecule has 130 valence electrons. The molecule has 1 atom stereocenters. The van der Waals surface area contributed by atoms with Gasteiger partial charge < -0.3 is 19.9 Å². The van der Waals surface area contributed by atoms with E-state index in [1.54, 1.807) is 12.1 Å². The van der Waals surface area contributed by atoms with Crippen LogP contribution in [0.1, 0.15) is 26.3 Å². The van der Waals surface area contributed by atoms with Gasteiger partial charge in [-0.15, -0.1) is 0 Å². The zero-order valence-corrected chi connectivity index (χ0v) is 13.6. The van der Waals surface area contributed by atoms with Gasteiger partial charge in [-0.05, 0) is 17.7 Å². The maximum Gasteiger partial charge on any atom is 0.333 e. The van der Waals surface area contributed by atoms with E-state index in [1.165, 1.54) is 26.0 Å². The molecule has 1 amide bonds. The maximum atomic E-state index is 11.7. The number of rotatable bonds is 7. The van der Waals surface area contributed by atoms with Gasteiger partial charge in [0.05, 0.1) is 0 Å². The topological polar surface area (TPSA) is 119 Å². The molecule has 0 aliphatic rings. The average molecular weight is 337 g/mol. The quantitative estimate of drug-likeness (QED) is 0.554. The van der Waals surface area contributed by atoms with Crippen molar-refractivity contribution in [3.8, 4) is 5.75 Å². The van der Waals surface area contributed by atoms with E-state index >= 15 is 0 Å². The monoisotopic (exact) mass is 337 g/mol. The van der Waals surface area contributed by atoms with Crippen molar-refractivity contribution in [2.75, 3.05) is 6.61 Å². The molecule has 1 rings (SSSR count). The second-order valence-corrected chi connectivity index (χ2v) is 5.26. The highest BCUT2D eigenvalue weighted by Crippen LogP contribution is 2.19. The Morgan fingerprint density at radius 3 is 2.04 bits per heavy atom. The first-order valence-electron chi connectivity index (χ1n) is 7.07. The highest BCUT2D eigenvalue weighted by atomic mass is 16.5. The molecule has 1 aromatic rings. The number of amides is 1. The minimum atomic E-state index is -1.79. The van der Waals surface area contributed by atoms with Crippen molar-refractivity contribution < 1.29 is 33.8 Å². The van der Waals surface area contributed by atoms with Gasteiger partial charge in [-0.1, -0.05) is 12.1 Å². The van der Waals surface area contributed by atoms with Crippen LogP contribution in [-0.4, -0.2) is 41.1 Å². The van der Waals surface area contributed by atoms with E-state index in [0.29, 0.717) is 11.3 Å². The molecule has 8 nitrogen and oxygen atoms in total. The Labute approximate surface area is 138 Å². The number of esters is 2. The summed E-state index contributed by atoms with van der Waals surface area (Å²) in [6.45, 7) is 3.08. The first kappa shape index (κ1) is 19.1. The Morgan fingerprint density at radius 2 is 1.62 bits per heavy atom. The summed E-state index contributed by atoms with van der Waals surface area (Å²) in [5.74, 6) is -2.72. The molecule has 0 saturated heterocycles. The summed E-state index contributed by atoms with van der Waals surface area (Å²) in [6, 6.07) is 6.13. The van der Waals surface area contributed by atoms with Crippen molar-refractivity contribution in [1.29, 1.82) is 0 Å². The number of carbonyl (C=O) groups excluding carboxylic acids is 3. The highest BCUT2D eigenvalue weighted by molar-refractivity contribution is 5.87. The predicted molar refractivity (Wildman–Crippen MR) is 82.3 cm³/mol. The molecule has 2 N–H and O–H groups in total. The number of benzene rings is 1. The third-order valence-corrected chi connectivity index (χ3v) is 3.04. The van der Waals surface area contributed by atoms with Crippen LogP contribution in [0.2, 0.25) is 0 Å². The van der Waals surface area contributed by atoms with Crippen LogP contribution in [0, 0.1) is 0 Å². The van der Waals surface area contributed by atoms with Crippen molar-refractivity contribution in [3.05, 3.63) is 29.8 Å². The van der Waals surface area contributed by atoms with E-state index in [4.69, 9.17) is 9.47 Å². The second kappa shape index (κ2) is 8.09. The van der Waals surface area contributed by atoms with E-state index in [9.17, 15) is 24.3 Å². The lowest BCUT2D eigenvalue weighted by molar-refractivity contribution is -0.155. The van der Waals surface area contributed by atoms with E-state index in [0.717, 1.165) is 6.92 Å². The summed E-state index contributed by atoms with van der Waals surface area (Å²) < 4.78 is 9.71. The van der Waals surface area contributed by atoms with Crippen LogP contribution in [0.4, 0.5) is 0 Å². The molecule has 8 heteroatoms. The third kappa shape index (κ3) is 5.71. The first-order valence-corrected chi connectivity index (χ1v) is 7.07. The molecular weight excluding hydrogens is 318 g/mol. The molecule has 0 bridgehead atoms. The van der Waals surface area contributed by atoms with Crippen LogP contribution in [0.25, 0.3) is 0 Å². The van der Waals surface area contributed by atoms with Gasteiger partial charge in [0.1, 0.15) is 12.4 Å². The van der Waals surface area contributed by atoms with Gasteiger partial charge in [-0.2, -0.15) is 0 Å². The number of ether oxygens (including phenoxy) is 2. The Hall–Kier alpha value is -2.90. The van der Waals surface area contributed by atoms with Crippen LogP contribution in [0.5, 0.6) is 5.75 Å². The summed E-state index contributed by atoms with van der Waals surface area (Å²) >= 11 is 0. The summed E-state index contributed by atoms with van der Waals surface area (Å²) in [7, 11) is 0. The first-order chi connectivity index (χ1) is 11.1. The molecule has 0 aliphatic heterocycles. The Balaban J connectivity index is 3.05. The average Bonchev–Trinajstić information content (AvgIpc) is 2.45. The molecule has 0 aromatic heterocycles. The molecule has 0 heterocycles. The van der Waals surface area contributed by atoms with Crippen LogP contribution >= 0.6 is 0 Å². The van der Waals surface area contributed by atoms with Gasteiger partial charge in [-0.25, -0.2) is 4.79 Å². The van der Waals surface area contributed by atoms with Gasteiger partial charge in [0, 0.05) is 27.2 Å². The molecule has 24 heavy (non-hydrogen) atoms. The lowest BCUT2D eigenvalue weighted by atomic mass is 9.91. The SMILES string of the molecule is CC(=O)N[C@@](COC(C)=O)(Cc1ccc(OC(C)=O)cc1)C(=O)O. The number of carboxylic acid groups (broad SMARTS) is 1. The van der Waals surface area contributed by atoms with Gasteiger partial charge in [-0.3, -0.25) is 14.4 Å².